The van der Waals surface area contributed by atoms with Gasteiger partial charge >= 0.3 is 6.18 Å². The lowest BCUT2D eigenvalue weighted by atomic mass is 9.82. The second-order valence-electron chi connectivity index (χ2n) is 7.80. The van der Waals surface area contributed by atoms with Gasteiger partial charge in [-0.3, -0.25) is 14.7 Å². The van der Waals surface area contributed by atoms with Gasteiger partial charge in [-0.25, -0.2) is 13.2 Å². The van der Waals surface area contributed by atoms with Crippen LogP contribution in [0.2, 0.25) is 0 Å². The number of benzene rings is 2. The van der Waals surface area contributed by atoms with Crippen LogP contribution in [-0.2, 0) is 15.8 Å². The topological polar surface area (TPSA) is 86.9 Å². The Morgan fingerprint density at radius 2 is 1.91 bits per heavy atom. The van der Waals surface area contributed by atoms with Crippen molar-refractivity contribution in [2.24, 2.45) is 0 Å². The van der Waals surface area contributed by atoms with E-state index in [2.05, 4.69) is 20.8 Å². The van der Waals surface area contributed by atoms with Crippen molar-refractivity contribution in [3.63, 3.8) is 0 Å². The fourth-order valence-electron chi connectivity index (χ4n) is 3.94. The van der Waals surface area contributed by atoms with Crippen molar-refractivity contribution in [2.75, 3.05) is 5.32 Å². The lowest BCUT2D eigenvalue weighted by molar-refractivity contribution is -0.140. The third kappa shape index (κ3) is 4.35. The van der Waals surface area contributed by atoms with Crippen LogP contribution < -0.4 is 10.6 Å². The predicted molar refractivity (Wildman–Crippen MR) is 109 cm³/mol. The molecule has 12 heteroatoms. The fourth-order valence-corrected chi connectivity index (χ4v) is 3.94. The van der Waals surface area contributed by atoms with Gasteiger partial charge in [0.05, 0.1) is 29.4 Å². The number of alkyl halides is 3. The van der Waals surface area contributed by atoms with Gasteiger partial charge in [-0.15, -0.1) is 0 Å². The van der Waals surface area contributed by atoms with E-state index in [4.69, 9.17) is 0 Å². The molecule has 2 heterocycles. The minimum Gasteiger partial charge on any atom is -0.330 e. The maximum absolute atomic E-state index is 14.7. The number of nitrogens with zero attached hydrogens (tertiary/aromatic N) is 1. The van der Waals surface area contributed by atoms with E-state index in [1.807, 2.05) is 0 Å². The maximum atomic E-state index is 14.7. The molecule has 0 bridgehead atoms. The summed E-state index contributed by atoms with van der Waals surface area (Å²) in [6.45, 7) is 1.42. The number of amides is 2. The summed E-state index contributed by atoms with van der Waals surface area (Å²) < 4.78 is 82.0. The number of hydrogen-bond donors (Lipinski definition) is 3. The molecule has 1 unspecified atom stereocenters. The summed E-state index contributed by atoms with van der Waals surface area (Å²) in [5, 5.41) is 11.7. The highest BCUT2D eigenvalue weighted by atomic mass is 19.4. The van der Waals surface area contributed by atoms with Crippen LogP contribution in [0, 0.1) is 17.5 Å². The number of nitrogens with one attached hydrogen (secondary N) is 3. The van der Waals surface area contributed by atoms with E-state index in [0.29, 0.717) is 17.0 Å². The molecular weight excluding hydrogens is 466 g/mol. The van der Waals surface area contributed by atoms with Gasteiger partial charge in [-0.2, -0.15) is 18.3 Å². The third-order valence-corrected chi connectivity index (χ3v) is 5.56. The largest absolute Gasteiger partial charge is 0.419 e. The summed E-state index contributed by atoms with van der Waals surface area (Å²) in [4.78, 5) is 24.7. The van der Waals surface area contributed by atoms with Gasteiger partial charge in [0.15, 0.2) is 11.6 Å². The Morgan fingerprint density at radius 3 is 2.62 bits per heavy atom. The summed E-state index contributed by atoms with van der Waals surface area (Å²) in [5.41, 5.74) is -1.70. The number of fused-ring (bicyclic) bond motifs is 1. The molecule has 34 heavy (non-hydrogen) atoms. The van der Waals surface area contributed by atoms with Crippen LogP contribution >= 0.6 is 0 Å². The van der Waals surface area contributed by atoms with Gasteiger partial charge in [-0.05, 0) is 30.2 Å². The van der Waals surface area contributed by atoms with E-state index in [-0.39, 0.29) is 17.0 Å². The van der Waals surface area contributed by atoms with Crippen molar-refractivity contribution in [3.8, 4) is 0 Å². The van der Waals surface area contributed by atoms with Gasteiger partial charge in [0.2, 0.25) is 11.8 Å². The molecule has 0 aliphatic carbocycles. The molecular formula is C22H16F6N4O2. The first-order valence-electron chi connectivity index (χ1n) is 9.92. The molecule has 1 aromatic heterocycles. The lowest BCUT2D eigenvalue weighted by Gasteiger charge is -2.28. The van der Waals surface area contributed by atoms with Crippen LogP contribution in [0.25, 0.3) is 10.9 Å². The highest BCUT2D eigenvalue weighted by Crippen LogP contribution is 2.40. The number of aromatic nitrogens is 2. The summed E-state index contributed by atoms with van der Waals surface area (Å²) >= 11 is 0. The van der Waals surface area contributed by atoms with E-state index in [1.165, 1.54) is 19.2 Å². The van der Waals surface area contributed by atoms with Crippen molar-refractivity contribution in [2.45, 2.75) is 31.9 Å². The molecule has 1 aliphatic rings. The summed E-state index contributed by atoms with van der Waals surface area (Å²) in [6.07, 6.45) is -4.56. The minimum absolute atomic E-state index is 0.152. The number of H-pyrrole nitrogens is 1. The Balaban J connectivity index is 1.65. The van der Waals surface area contributed by atoms with Crippen molar-refractivity contribution >= 4 is 28.4 Å². The Kier molecular flexibility index (Phi) is 5.84. The smallest absolute Gasteiger partial charge is 0.330 e. The van der Waals surface area contributed by atoms with Gasteiger partial charge in [0, 0.05) is 29.5 Å². The molecule has 6 nitrogen and oxygen atoms in total. The Morgan fingerprint density at radius 1 is 1.18 bits per heavy atom. The van der Waals surface area contributed by atoms with E-state index in [0.717, 1.165) is 12.1 Å². The molecule has 0 radical (unpaired) electrons. The standard InChI is InChI=1S/C22H16F6N4O2/c1-9-12(5-19(34)31-17-4-10-8-29-32-16(10)7-15(17)23)13(6-18(33)30-9)11-2-3-14(22(26,27)28)21(25)20(11)24/h2-4,7-8,13H,5-6H2,1H3,(H,29,32)(H,30,33)(H,31,34). The van der Waals surface area contributed by atoms with E-state index < -0.39 is 65.3 Å². The minimum atomic E-state index is -5.11. The van der Waals surface area contributed by atoms with Crippen molar-refractivity contribution in [3.05, 3.63) is 70.3 Å². The number of hydrogen-bond acceptors (Lipinski definition) is 3. The quantitative estimate of drug-likeness (QED) is 0.462. The van der Waals surface area contributed by atoms with Gasteiger partial charge in [0.25, 0.3) is 0 Å². The van der Waals surface area contributed by atoms with Crippen molar-refractivity contribution in [1.82, 2.24) is 15.5 Å². The molecule has 2 aromatic carbocycles. The molecule has 2 amide bonds. The average molecular weight is 482 g/mol. The van der Waals surface area contributed by atoms with Crippen LogP contribution in [0.3, 0.4) is 0 Å². The Bertz CT molecular complexity index is 1350. The first-order chi connectivity index (χ1) is 16.0. The van der Waals surface area contributed by atoms with E-state index >= 15 is 0 Å². The molecule has 3 aromatic rings. The molecule has 3 N–H and O–H groups in total. The molecule has 0 fully saturated rings. The predicted octanol–water partition coefficient (Wildman–Crippen LogP) is 4.91. The van der Waals surface area contributed by atoms with E-state index in [1.54, 1.807) is 0 Å². The normalized spacial score (nSPS) is 16.7. The van der Waals surface area contributed by atoms with E-state index in [9.17, 15) is 35.9 Å². The molecule has 1 aliphatic heterocycles. The molecule has 0 spiro atoms. The molecule has 1 atom stereocenters. The summed E-state index contributed by atoms with van der Waals surface area (Å²) in [7, 11) is 0. The molecule has 178 valence electrons. The van der Waals surface area contributed by atoms with Gasteiger partial charge in [-0.1, -0.05) is 6.07 Å². The first-order valence-corrected chi connectivity index (χ1v) is 9.92. The summed E-state index contributed by atoms with van der Waals surface area (Å²) in [5.74, 6) is -7.10. The third-order valence-electron chi connectivity index (χ3n) is 5.56. The SMILES string of the molecule is CC1=C(CC(=O)Nc2cc3cn[nH]c3cc2F)C(c2ccc(C(F)(F)F)c(F)c2F)CC(=O)N1. The Hall–Kier alpha value is -3.83. The van der Waals surface area contributed by atoms with Gasteiger partial charge < -0.3 is 10.6 Å². The number of carbonyl (C=O) groups is 2. The molecule has 0 saturated heterocycles. The van der Waals surface area contributed by atoms with Crippen LogP contribution in [0.5, 0.6) is 0 Å². The molecule has 0 saturated carbocycles. The number of aromatic amines is 1. The number of halogens is 6. The van der Waals surface area contributed by atoms with Crippen LogP contribution in [0.4, 0.5) is 32.0 Å². The number of carbonyl (C=O) groups excluding carboxylic acids is 2. The second-order valence-corrected chi connectivity index (χ2v) is 7.80. The average Bonchev–Trinajstić information content (AvgIpc) is 3.18. The summed E-state index contributed by atoms with van der Waals surface area (Å²) in [6, 6.07) is 3.62. The second kappa shape index (κ2) is 8.50. The zero-order valence-corrected chi connectivity index (χ0v) is 17.4. The monoisotopic (exact) mass is 482 g/mol. The van der Waals surface area contributed by atoms with Gasteiger partial charge in [0.1, 0.15) is 5.82 Å². The highest BCUT2D eigenvalue weighted by Gasteiger charge is 2.38. The zero-order valence-electron chi connectivity index (χ0n) is 17.4. The van der Waals surface area contributed by atoms with Crippen LogP contribution in [0.1, 0.15) is 36.8 Å². The Labute approximate surface area is 188 Å². The number of rotatable bonds is 4. The van der Waals surface area contributed by atoms with Crippen LogP contribution in [-0.4, -0.2) is 22.0 Å². The van der Waals surface area contributed by atoms with Crippen molar-refractivity contribution < 1.29 is 35.9 Å². The fraction of sp³-hybridized carbons (Fsp3) is 0.227. The van der Waals surface area contributed by atoms with Crippen molar-refractivity contribution in [1.29, 1.82) is 0 Å². The first kappa shape index (κ1) is 23.3. The number of allylic oxidation sites excluding steroid dienone is 1. The zero-order chi connectivity index (χ0) is 24.8. The lowest BCUT2D eigenvalue weighted by Crippen LogP contribution is -2.33. The molecule has 4 rings (SSSR count). The number of anilines is 1. The maximum Gasteiger partial charge on any atom is 0.419 e. The van der Waals surface area contributed by atoms with Crippen LogP contribution in [0.15, 0.2) is 41.7 Å². The highest BCUT2D eigenvalue weighted by molar-refractivity contribution is 5.95.